The van der Waals surface area contributed by atoms with E-state index in [1.807, 2.05) is 19.1 Å². The Morgan fingerprint density at radius 1 is 1.39 bits per heavy atom. The zero-order valence-electron chi connectivity index (χ0n) is 10.5. The summed E-state index contributed by atoms with van der Waals surface area (Å²) in [6, 6.07) is 7.15. The summed E-state index contributed by atoms with van der Waals surface area (Å²) in [6.45, 7) is 6.78. The third kappa shape index (κ3) is 4.05. The third-order valence-corrected chi connectivity index (χ3v) is 2.30. The molecule has 18 heavy (non-hydrogen) atoms. The Morgan fingerprint density at radius 3 is 2.67 bits per heavy atom. The first kappa shape index (κ1) is 14.0. The van der Waals surface area contributed by atoms with Gasteiger partial charge in [-0.2, -0.15) is 0 Å². The second kappa shape index (κ2) is 6.59. The quantitative estimate of drug-likeness (QED) is 0.592. The van der Waals surface area contributed by atoms with Crippen molar-refractivity contribution < 1.29 is 19.1 Å². The van der Waals surface area contributed by atoms with Crippen molar-refractivity contribution in [1.29, 1.82) is 0 Å². The summed E-state index contributed by atoms with van der Waals surface area (Å²) < 4.78 is 9.95. The van der Waals surface area contributed by atoms with Crippen LogP contribution in [0.2, 0.25) is 0 Å². The van der Waals surface area contributed by atoms with E-state index in [4.69, 9.17) is 9.47 Å². The van der Waals surface area contributed by atoms with Crippen LogP contribution in [0.25, 0.3) is 0 Å². The van der Waals surface area contributed by atoms with Crippen LogP contribution in [0, 0.1) is 6.92 Å². The lowest BCUT2D eigenvalue weighted by molar-refractivity contribution is -0.140. The molecule has 0 aliphatic rings. The van der Waals surface area contributed by atoms with E-state index in [0.717, 1.165) is 11.6 Å². The molecule has 0 saturated heterocycles. The number of hydrogen-bond acceptors (Lipinski definition) is 4. The Balaban J connectivity index is 2.52. The van der Waals surface area contributed by atoms with E-state index in [-0.39, 0.29) is 6.61 Å². The largest absolute Gasteiger partial charge is 0.459 e. The summed E-state index contributed by atoms with van der Waals surface area (Å²) >= 11 is 0. The second-order valence-corrected chi connectivity index (χ2v) is 3.87. The zero-order chi connectivity index (χ0) is 13.5. The fourth-order valence-corrected chi connectivity index (χ4v) is 1.34. The summed E-state index contributed by atoms with van der Waals surface area (Å²) in [5.41, 5.74) is 1.36. The Morgan fingerprint density at radius 2 is 2.06 bits per heavy atom. The number of carbonyl (C=O) groups is 2. The normalized spacial score (nSPS) is 11.4. The van der Waals surface area contributed by atoms with Crippen molar-refractivity contribution in [3.05, 3.63) is 48.0 Å². The van der Waals surface area contributed by atoms with Gasteiger partial charge in [-0.25, -0.2) is 9.59 Å². The topological polar surface area (TPSA) is 52.6 Å². The van der Waals surface area contributed by atoms with Crippen LogP contribution >= 0.6 is 0 Å². The highest BCUT2D eigenvalue weighted by molar-refractivity contribution is 5.91. The highest BCUT2D eigenvalue weighted by Crippen LogP contribution is 2.10. The number of aryl methyl sites for hydroxylation is 1. The van der Waals surface area contributed by atoms with E-state index >= 15 is 0 Å². The molecule has 0 fully saturated rings. The summed E-state index contributed by atoms with van der Waals surface area (Å²) in [5, 5.41) is 0. The first-order valence-electron chi connectivity index (χ1n) is 5.60. The lowest BCUT2D eigenvalue weighted by Crippen LogP contribution is -2.22. The van der Waals surface area contributed by atoms with Crippen LogP contribution in [0.15, 0.2) is 36.9 Å². The molecule has 0 N–H and O–H groups in total. The van der Waals surface area contributed by atoms with Crippen molar-refractivity contribution >= 4 is 11.9 Å². The SMILES string of the molecule is C=CC(=O)OCC(C)OC(=O)c1ccccc1C. The van der Waals surface area contributed by atoms with Gasteiger partial charge in [-0.3, -0.25) is 0 Å². The van der Waals surface area contributed by atoms with Gasteiger partial charge in [0.25, 0.3) is 0 Å². The molecule has 0 aliphatic heterocycles. The summed E-state index contributed by atoms with van der Waals surface area (Å²) in [4.78, 5) is 22.7. The van der Waals surface area contributed by atoms with Crippen molar-refractivity contribution in [1.82, 2.24) is 0 Å². The number of ether oxygens (including phenoxy) is 2. The van der Waals surface area contributed by atoms with Gasteiger partial charge in [0.15, 0.2) is 0 Å². The minimum absolute atomic E-state index is 0.0163. The number of hydrogen-bond donors (Lipinski definition) is 0. The lowest BCUT2D eigenvalue weighted by Gasteiger charge is -2.13. The van der Waals surface area contributed by atoms with Gasteiger partial charge in [0.1, 0.15) is 12.7 Å². The Hall–Kier alpha value is -2.10. The number of carbonyl (C=O) groups excluding carboxylic acids is 2. The first-order chi connectivity index (χ1) is 8.54. The van der Waals surface area contributed by atoms with E-state index < -0.39 is 18.0 Å². The van der Waals surface area contributed by atoms with E-state index in [1.54, 1.807) is 19.1 Å². The van der Waals surface area contributed by atoms with Crippen molar-refractivity contribution in [2.75, 3.05) is 6.61 Å². The molecule has 4 heteroatoms. The summed E-state index contributed by atoms with van der Waals surface area (Å²) in [5.74, 6) is -0.955. The molecule has 1 rings (SSSR count). The summed E-state index contributed by atoms with van der Waals surface area (Å²) in [6.07, 6.45) is 0.566. The Kier molecular flexibility index (Phi) is 5.11. The molecule has 0 spiro atoms. The predicted molar refractivity (Wildman–Crippen MR) is 67.2 cm³/mol. The molecule has 1 unspecified atom stereocenters. The fourth-order valence-electron chi connectivity index (χ4n) is 1.34. The van der Waals surface area contributed by atoms with Crippen molar-refractivity contribution in [3.63, 3.8) is 0 Å². The average molecular weight is 248 g/mol. The van der Waals surface area contributed by atoms with E-state index in [2.05, 4.69) is 6.58 Å². The maximum atomic E-state index is 11.8. The molecule has 1 aromatic rings. The Bertz CT molecular complexity index is 451. The molecule has 0 aliphatic carbocycles. The molecule has 4 nitrogen and oxygen atoms in total. The van der Waals surface area contributed by atoms with Crippen LogP contribution in [-0.4, -0.2) is 24.6 Å². The highest BCUT2D eigenvalue weighted by atomic mass is 16.6. The van der Waals surface area contributed by atoms with Gasteiger partial charge in [0.2, 0.25) is 0 Å². The van der Waals surface area contributed by atoms with E-state index in [1.165, 1.54) is 0 Å². The van der Waals surface area contributed by atoms with Crippen molar-refractivity contribution in [2.24, 2.45) is 0 Å². The van der Waals surface area contributed by atoms with Gasteiger partial charge < -0.3 is 9.47 Å². The highest BCUT2D eigenvalue weighted by Gasteiger charge is 2.14. The number of esters is 2. The van der Waals surface area contributed by atoms with Crippen molar-refractivity contribution in [3.8, 4) is 0 Å². The molecule has 96 valence electrons. The predicted octanol–water partition coefficient (Wildman–Crippen LogP) is 2.27. The van der Waals surface area contributed by atoms with Crippen molar-refractivity contribution in [2.45, 2.75) is 20.0 Å². The monoisotopic (exact) mass is 248 g/mol. The molecule has 0 aromatic heterocycles. The standard InChI is InChI=1S/C14H16O4/c1-4-13(15)17-9-11(3)18-14(16)12-8-6-5-7-10(12)2/h4-8,11H,1,9H2,2-3H3. The molecule has 0 amide bonds. The average Bonchev–Trinajstić information content (AvgIpc) is 2.36. The van der Waals surface area contributed by atoms with Crippen LogP contribution in [0.1, 0.15) is 22.8 Å². The minimum Gasteiger partial charge on any atom is -0.459 e. The molecule has 1 atom stereocenters. The molecule has 0 radical (unpaired) electrons. The number of benzene rings is 1. The molecule has 0 saturated carbocycles. The van der Waals surface area contributed by atoms with Gasteiger partial charge >= 0.3 is 11.9 Å². The van der Waals surface area contributed by atoms with Gasteiger partial charge in [0, 0.05) is 6.08 Å². The van der Waals surface area contributed by atoms with Crippen LogP contribution < -0.4 is 0 Å². The fraction of sp³-hybridized carbons (Fsp3) is 0.286. The molecule has 1 aromatic carbocycles. The number of rotatable bonds is 5. The van der Waals surface area contributed by atoms with Crippen LogP contribution in [0.5, 0.6) is 0 Å². The Labute approximate surface area is 106 Å². The third-order valence-electron chi connectivity index (χ3n) is 2.30. The maximum Gasteiger partial charge on any atom is 0.338 e. The minimum atomic E-state index is -0.534. The molecular formula is C14H16O4. The molecular weight excluding hydrogens is 232 g/mol. The van der Waals surface area contributed by atoms with Crippen LogP contribution in [0.3, 0.4) is 0 Å². The zero-order valence-corrected chi connectivity index (χ0v) is 10.5. The lowest BCUT2D eigenvalue weighted by atomic mass is 10.1. The van der Waals surface area contributed by atoms with Crippen LogP contribution in [-0.2, 0) is 14.3 Å². The molecule has 0 heterocycles. The van der Waals surface area contributed by atoms with E-state index in [0.29, 0.717) is 5.56 Å². The van der Waals surface area contributed by atoms with Gasteiger partial charge in [-0.15, -0.1) is 0 Å². The molecule has 0 bridgehead atoms. The van der Waals surface area contributed by atoms with Gasteiger partial charge in [-0.1, -0.05) is 24.8 Å². The first-order valence-corrected chi connectivity index (χ1v) is 5.60. The smallest absolute Gasteiger partial charge is 0.338 e. The maximum absolute atomic E-state index is 11.8. The van der Waals surface area contributed by atoms with Gasteiger partial charge in [-0.05, 0) is 25.5 Å². The summed E-state index contributed by atoms with van der Waals surface area (Å²) in [7, 11) is 0. The van der Waals surface area contributed by atoms with Gasteiger partial charge in [0.05, 0.1) is 5.56 Å². The van der Waals surface area contributed by atoms with Crippen LogP contribution in [0.4, 0.5) is 0 Å². The second-order valence-electron chi connectivity index (χ2n) is 3.87. The van der Waals surface area contributed by atoms with E-state index in [9.17, 15) is 9.59 Å².